The van der Waals surface area contributed by atoms with Crippen molar-refractivity contribution in [2.24, 2.45) is 0 Å². The third-order valence-corrected chi connectivity index (χ3v) is 0.957. The third kappa shape index (κ3) is 5.34. The van der Waals surface area contributed by atoms with E-state index in [2.05, 4.69) is 5.32 Å². The van der Waals surface area contributed by atoms with Crippen LogP contribution in [0.25, 0.3) is 0 Å². The Labute approximate surface area is 48.1 Å². The predicted octanol–water partition coefficient (Wildman–Crippen LogP) is -0.214. The van der Waals surface area contributed by atoms with Crippen LogP contribution in [0.3, 0.4) is 0 Å². The fourth-order valence-corrected chi connectivity index (χ4v) is 0.625. The van der Waals surface area contributed by atoms with Crippen LogP contribution in [0.1, 0.15) is 12.8 Å². The van der Waals surface area contributed by atoms with E-state index in [0.29, 0.717) is 0 Å². The van der Waals surface area contributed by atoms with Crippen molar-refractivity contribution in [2.75, 3.05) is 13.1 Å². The largest absolute Gasteiger partial charge is 0.373 e. The molecule has 0 saturated carbocycles. The monoisotopic (exact) mass is 115 g/mol. The van der Waals surface area contributed by atoms with Gasteiger partial charge in [-0.2, -0.15) is 9.59 Å². The minimum absolute atomic E-state index is 0.250. The van der Waals surface area contributed by atoms with Crippen LogP contribution in [0.15, 0.2) is 0 Å². The average molecular weight is 115 g/mol. The minimum atomic E-state index is 0.250. The van der Waals surface area contributed by atoms with Gasteiger partial charge < -0.3 is 5.32 Å². The fraction of sp³-hybridized carbons (Fsp3) is 0.800. The van der Waals surface area contributed by atoms with E-state index in [9.17, 15) is 0 Å². The van der Waals surface area contributed by atoms with E-state index in [0.717, 1.165) is 0 Å². The molecule has 0 aromatic carbocycles. The van der Waals surface area contributed by atoms with E-state index in [1.165, 1.54) is 25.9 Å². The van der Waals surface area contributed by atoms with E-state index in [1.54, 1.807) is 0 Å². The lowest BCUT2D eigenvalue weighted by Gasteiger charge is -1.76. The van der Waals surface area contributed by atoms with Crippen LogP contribution >= 0.6 is 0 Å². The van der Waals surface area contributed by atoms with Gasteiger partial charge in [0.25, 0.3) is 0 Å². The van der Waals surface area contributed by atoms with Gasteiger partial charge in [0.1, 0.15) is 0 Å². The summed E-state index contributed by atoms with van der Waals surface area (Å²) in [5.41, 5.74) is 0. The van der Waals surface area contributed by atoms with Gasteiger partial charge in [-0.15, -0.1) is 0 Å². The maximum atomic E-state index is 8.12. The van der Waals surface area contributed by atoms with Crippen molar-refractivity contribution in [1.82, 2.24) is 5.32 Å². The molecule has 3 heteroatoms. The molecule has 1 aliphatic rings. The summed E-state index contributed by atoms with van der Waals surface area (Å²) in [5.74, 6) is 0. The lowest BCUT2D eigenvalue weighted by atomic mass is 10.4. The summed E-state index contributed by atoms with van der Waals surface area (Å²) >= 11 is 0. The van der Waals surface area contributed by atoms with Crippen molar-refractivity contribution in [3.05, 3.63) is 0 Å². The Morgan fingerprint density at radius 1 is 1.12 bits per heavy atom. The highest BCUT2D eigenvalue weighted by atomic mass is 16.2. The molecule has 3 nitrogen and oxygen atoms in total. The summed E-state index contributed by atoms with van der Waals surface area (Å²) in [6, 6.07) is 0. The highest BCUT2D eigenvalue weighted by molar-refractivity contribution is 5.20. The van der Waals surface area contributed by atoms with Gasteiger partial charge in [-0.3, -0.25) is 0 Å². The Balaban J connectivity index is 0.000000145. The maximum Gasteiger partial charge on any atom is 0.373 e. The molecule has 0 radical (unpaired) electrons. The van der Waals surface area contributed by atoms with Gasteiger partial charge in [0.2, 0.25) is 0 Å². The van der Waals surface area contributed by atoms with Crippen molar-refractivity contribution in [3.8, 4) is 0 Å². The van der Waals surface area contributed by atoms with Crippen LogP contribution in [-0.2, 0) is 9.59 Å². The Bertz CT molecular complexity index is 64.9. The number of hydrogen-bond acceptors (Lipinski definition) is 3. The highest BCUT2D eigenvalue weighted by Crippen LogP contribution is 1.90. The second kappa shape index (κ2) is 6.34. The Morgan fingerprint density at radius 3 is 1.62 bits per heavy atom. The van der Waals surface area contributed by atoms with Crippen LogP contribution < -0.4 is 5.32 Å². The molecule has 1 aliphatic heterocycles. The van der Waals surface area contributed by atoms with Gasteiger partial charge >= 0.3 is 6.15 Å². The molecule has 8 heavy (non-hydrogen) atoms. The minimum Gasteiger partial charge on any atom is -0.317 e. The summed E-state index contributed by atoms with van der Waals surface area (Å²) < 4.78 is 0. The summed E-state index contributed by atoms with van der Waals surface area (Å²) in [5, 5.41) is 3.22. The topological polar surface area (TPSA) is 46.2 Å². The first-order valence-corrected chi connectivity index (χ1v) is 2.62. The molecule has 1 N–H and O–H groups in total. The molecule has 46 valence electrons. The molecular formula is C5H9NO2. The van der Waals surface area contributed by atoms with E-state index in [-0.39, 0.29) is 6.15 Å². The third-order valence-electron chi connectivity index (χ3n) is 0.957. The first-order chi connectivity index (χ1) is 3.91. The second-order valence-electron chi connectivity index (χ2n) is 1.54. The zero-order valence-corrected chi connectivity index (χ0v) is 4.64. The van der Waals surface area contributed by atoms with E-state index in [4.69, 9.17) is 9.59 Å². The summed E-state index contributed by atoms with van der Waals surface area (Å²) in [6.07, 6.45) is 3.03. The summed E-state index contributed by atoms with van der Waals surface area (Å²) in [4.78, 5) is 16.2. The molecule has 0 spiro atoms. The molecule has 0 aromatic rings. The van der Waals surface area contributed by atoms with Gasteiger partial charge in [0, 0.05) is 0 Å². The molecule has 1 saturated heterocycles. The first kappa shape index (κ1) is 7.34. The first-order valence-electron chi connectivity index (χ1n) is 2.62. The fourth-order valence-electron chi connectivity index (χ4n) is 0.625. The van der Waals surface area contributed by atoms with E-state index in [1.807, 2.05) is 0 Å². The van der Waals surface area contributed by atoms with Gasteiger partial charge in [-0.1, -0.05) is 0 Å². The molecule has 0 unspecified atom stereocenters. The molecule has 0 bridgehead atoms. The highest BCUT2D eigenvalue weighted by Gasteiger charge is 1.93. The van der Waals surface area contributed by atoms with E-state index < -0.39 is 0 Å². The Kier molecular flexibility index (Phi) is 5.82. The van der Waals surface area contributed by atoms with Gasteiger partial charge in [-0.25, -0.2) is 0 Å². The van der Waals surface area contributed by atoms with Crippen molar-refractivity contribution in [2.45, 2.75) is 12.8 Å². The standard InChI is InChI=1S/C4H9N.CO2/c1-2-4-5-3-1;2-1-3/h5H,1-4H2;. The number of nitrogens with one attached hydrogen (secondary N) is 1. The smallest absolute Gasteiger partial charge is 0.317 e. The Hall–Kier alpha value is -0.660. The lowest BCUT2D eigenvalue weighted by molar-refractivity contribution is -0.191. The van der Waals surface area contributed by atoms with Crippen molar-refractivity contribution >= 4 is 6.15 Å². The molecule has 1 fully saturated rings. The molecule has 0 amide bonds. The molecular weight excluding hydrogens is 106 g/mol. The second-order valence-corrected chi connectivity index (χ2v) is 1.54. The SMILES string of the molecule is C1CCNC1.O=C=O. The normalized spacial score (nSPS) is 16.0. The van der Waals surface area contributed by atoms with E-state index >= 15 is 0 Å². The van der Waals surface area contributed by atoms with Crippen LogP contribution in [0.5, 0.6) is 0 Å². The van der Waals surface area contributed by atoms with Crippen molar-refractivity contribution < 1.29 is 9.59 Å². The maximum absolute atomic E-state index is 8.12. The van der Waals surface area contributed by atoms with Crippen LogP contribution in [0, 0.1) is 0 Å². The van der Waals surface area contributed by atoms with Crippen LogP contribution in [-0.4, -0.2) is 19.2 Å². The van der Waals surface area contributed by atoms with Gasteiger partial charge in [0.05, 0.1) is 0 Å². The summed E-state index contributed by atoms with van der Waals surface area (Å²) in [6.45, 7) is 2.50. The van der Waals surface area contributed by atoms with Crippen molar-refractivity contribution in [3.63, 3.8) is 0 Å². The lowest BCUT2D eigenvalue weighted by Crippen LogP contribution is -2.03. The molecule has 0 aromatic heterocycles. The molecule has 1 rings (SSSR count). The van der Waals surface area contributed by atoms with Crippen LogP contribution in [0.2, 0.25) is 0 Å². The van der Waals surface area contributed by atoms with Gasteiger partial charge in [-0.05, 0) is 25.9 Å². The van der Waals surface area contributed by atoms with Crippen molar-refractivity contribution in [1.29, 1.82) is 0 Å². The van der Waals surface area contributed by atoms with Crippen LogP contribution in [0.4, 0.5) is 0 Å². The zero-order valence-electron chi connectivity index (χ0n) is 4.64. The zero-order chi connectivity index (χ0) is 6.24. The predicted molar refractivity (Wildman–Crippen MR) is 27.1 cm³/mol. The molecule has 1 heterocycles. The number of hydrogen-bond donors (Lipinski definition) is 1. The summed E-state index contributed by atoms with van der Waals surface area (Å²) in [7, 11) is 0. The Morgan fingerprint density at radius 2 is 1.50 bits per heavy atom. The van der Waals surface area contributed by atoms with Gasteiger partial charge in [0.15, 0.2) is 0 Å². The molecule has 0 atom stereocenters. The average Bonchev–Trinajstić information content (AvgIpc) is 2.17. The number of rotatable bonds is 0. The quantitative estimate of drug-likeness (QED) is 0.475. The molecule has 0 aliphatic carbocycles. The number of carbonyl (C=O) groups excluding carboxylic acids is 2.